The van der Waals surface area contributed by atoms with Gasteiger partial charge >= 0.3 is 0 Å². The second kappa shape index (κ2) is 4.68. The highest BCUT2D eigenvalue weighted by Crippen LogP contribution is 2.27. The molecule has 0 fully saturated rings. The van der Waals surface area contributed by atoms with E-state index in [-0.39, 0.29) is 6.10 Å². The quantitative estimate of drug-likeness (QED) is 0.854. The predicted molar refractivity (Wildman–Crippen MR) is 66.3 cm³/mol. The van der Waals surface area contributed by atoms with Crippen molar-refractivity contribution in [2.75, 3.05) is 13.2 Å². The normalized spacial score (nSPS) is 13.2. The Balaban J connectivity index is 2.37. The van der Waals surface area contributed by atoms with Gasteiger partial charge in [0.25, 0.3) is 0 Å². The van der Waals surface area contributed by atoms with Crippen molar-refractivity contribution in [3.05, 3.63) is 36.0 Å². The van der Waals surface area contributed by atoms with Crippen LogP contribution >= 0.6 is 0 Å². The molecule has 1 heterocycles. The molecular weight excluding hydrogens is 200 g/mol. The van der Waals surface area contributed by atoms with Crippen LogP contribution in [0.15, 0.2) is 30.5 Å². The molecule has 0 radical (unpaired) electrons. The van der Waals surface area contributed by atoms with Crippen LogP contribution < -0.4 is 5.73 Å². The fraction of sp³-hybridized carbons (Fsp3) is 0.385. The van der Waals surface area contributed by atoms with E-state index in [1.54, 1.807) is 0 Å². The molecule has 3 nitrogen and oxygen atoms in total. The molecule has 2 N–H and O–H groups in total. The van der Waals surface area contributed by atoms with Gasteiger partial charge in [-0.1, -0.05) is 18.2 Å². The summed E-state index contributed by atoms with van der Waals surface area (Å²) in [5.41, 5.74) is 7.91. The number of aromatic nitrogens is 1. The Labute approximate surface area is 95.8 Å². The second-order valence-electron chi connectivity index (χ2n) is 4.01. The van der Waals surface area contributed by atoms with Crippen LogP contribution in [0.2, 0.25) is 0 Å². The Morgan fingerprint density at radius 1 is 1.38 bits per heavy atom. The molecule has 86 valence electrons. The summed E-state index contributed by atoms with van der Waals surface area (Å²) in [6.45, 7) is 3.23. The maximum absolute atomic E-state index is 5.66. The van der Waals surface area contributed by atoms with Crippen LogP contribution in [0.4, 0.5) is 0 Å². The topological polar surface area (TPSA) is 40.2 Å². The van der Waals surface area contributed by atoms with Crippen LogP contribution in [0.5, 0.6) is 0 Å². The molecule has 1 aromatic heterocycles. The lowest BCUT2D eigenvalue weighted by molar-refractivity contribution is 0.0727. The molecule has 1 atom stereocenters. The molecular formula is C13H18N2O. The van der Waals surface area contributed by atoms with Crippen molar-refractivity contribution in [1.29, 1.82) is 0 Å². The van der Waals surface area contributed by atoms with E-state index in [9.17, 15) is 0 Å². The number of nitrogens with two attached hydrogens (primary N) is 1. The zero-order valence-electron chi connectivity index (χ0n) is 9.81. The van der Waals surface area contributed by atoms with Crippen LogP contribution in [-0.2, 0) is 11.8 Å². The molecule has 3 heteroatoms. The van der Waals surface area contributed by atoms with E-state index < -0.39 is 0 Å². The third-order valence-corrected chi connectivity index (χ3v) is 2.85. The monoisotopic (exact) mass is 218 g/mol. The second-order valence-corrected chi connectivity index (χ2v) is 4.01. The van der Waals surface area contributed by atoms with Gasteiger partial charge in [-0.15, -0.1) is 0 Å². The van der Waals surface area contributed by atoms with Crippen molar-refractivity contribution in [2.45, 2.75) is 13.0 Å². The summed E-state index contributed by atoms with van der Waals surface area (Å²) in [6.07, 6.45) is 2.22. The van der Waals surface area contributed by atoms with Gasteiger partial charge in [0.1, 0.15) is 0 Å². The van der Waals surface area contributed by atoms with E-state index in [0.717, 1.165) is 0 Å². The number of hydrogen-bond acceptors (Lipinski definition) is 2. The van der Waals surface area contributed by atoms with Crippen LogP contribution in [0.3, 0.4) is 0 Å². The van der Waals surface area contributed by atoms with Gasteiger partial charge < -0.3 is 15.0 Å². The summed E-state index contributed by atoms with van der Waals surface area (Å²) in [6, 6.07) is 8.36. The lowest BCUT2D eigenvalue weighted by atomic mass is 10.1. The first-order chi connectivity index (χ1) is 7.74. The van der Waals surface area contributed by atoms with E-state index in [2.05, 4.69) is 49.0 Å². The molecule has 0 spiro atoms. The highest BCUT2D eigenvalue weighted by atomic mass is 16.5. The summed E-state index contributed by atoms with van der Waals surface area (Å²) in [7, 11) is 2.06. The van der Waals surface area contributed by atoms with Gasteiger partial charge in [-0.3, -0.25) is 0 Å². The Morgan fingerprint density at radius 3 is 2.88 bits per heavy atom. The van der Waals surface area contributed by atoms with Crippen molar-refractivity contribution >= 4 is 10.9 Å². The number of ether oxygens (including phenoxy) is 1. The first kappa shape index (κ1) is 11.2. The van der Waals surface area contributed by atoms with Crippen molar-refractivity contribution < 1.29 is 4.74 Å². The van der Waals surface area contributed by atoms with E-state index in [0.29, 0.717) is 13.2 Å². The number of hydrogen-bond donors (Lipinski definition) is 1. The van der Waals surface area contributed by atoms with Gasteiger partial charge in [0.05, 0.1) is 12.7 Å². The zero-order chi connectivity index (χ0) is 11.5. The molecule has 2 aromatic rings. The third-order valence-electron chi connectivity index (χ3n) is 2.85. The summed E-state index contributed by atoms with van der Waals surface area (Å²) in [5.74, 6) is 0. The Bertz CT molecular complexity index is 476. The van der Waals surface area contributed by atoms with E-state index in [1.807, 2.05) is 0 Å². The molecule has 0 saturated carbocycles. The fourth-order valence-electron chi connectivity index (χ4n) is 2.03. The van der Waals surface area contributed by atoms with Gasteiger partial charge in [0, 0.05) is 36.3 Å². The van der Waals surface area contributed by atoms with E-state index in [4.69, 9.17) is 10.5 Å². The Kier molecular flexibility index (Phi) is 3.27. The van der Waals surface area contributed by atoms with Crippen molar-refractivity contribution in [2.24, 2.45) is 12.8 Å². The number of benzene rings is 1. The molecule has 2 rings (SSSR count). The fourth-order valence-corrected chi connectivity index (χ4v) is 2.03. The molecule has 0 saturated heterocycles. The average molecular weight is 218 g/mol. The van der Waals surface area contributed by atoms with Crippen molar-refractivity contribution in [1.82, 2.24) is 4.57 Å². The predicted octanol–water partition coefficient (Wildman–Crippen LogP) is 2.21. The molecule has 0 aliphatic rings. The highest BCUT2D eigenvalue weighted by Gasteiger charge is 2.12. The van der Waals surface area contributed by atoms with Gasteiger partial charge in [-0.05, 0) is 13.0 Å². The summed E-state index contributed by atoms with van der Waals surface area (Å²) in [5, 5.41) is 1.26. The standard InChI is InChI=1S/C13H18N2O/c1-10(16-8-7-14)12-9-15(2)13-6-4-3-5-11(12)13/h3-6,9-10H,7-8,14H2,1-2H3. The molecule has 0 aliphatic heterocycles. The largest absolute Gasteiger partial charge is 0.372 e. The minimum Gasteiger partial charge on any atom is -0.372 e. The zero-order valence-corrected chi connectivity index (χ0v) is 9.81. The van der Waals surface area contributed by atoms with Gasteiger partial charge in [-0.2, -0.15) is 0 Å². The third kappa shape index (κ3) is 1.96. The van der Waals surface area contributed by atoms with Gasteiger partial charge in [0.15, 0.2) is 0 Å². The van der Waals surface area contributed by atoms with Crippen LogP contribution in [-0.4, -0.2) is 17.7 Å². The van der Waals surface area contributed by atoms with Crippen LogP contribution in [0.1, 0.15) is 18.6 Å². The summed E-state index contributed by atoms with van der Waals surface area (Å²) in [4.78, 5) is 0. The maximum Gasteiger partial charge on any atom is 0.0818 e. The minimum absolute atomic E-state index is 0.0923. The van der Waals surface area contributed by atoms with E-state index in [1.165, 1.54) is 16.5 Å². The molecule has 16 heavy (non-hydrogen) atoms. The SMILES string of the molecule is CC(OCCN)c1cn(C)c2ccccc12. The Hall–Kier alpha value is -1.32. The lowest BCUT2D eigenvalue weighted by Crippen LogP contribution is -2.10. The molecule has 0 amide bonds. The number of rotatable bonds is 4. The molecule has 1 aromatic carbocycles. The van der Waals surface area contributed by atoms with Crippen molar-refractivity contribution in [3.8, 4) is 0 Å². The minimum atomic E-state index is 0.0923. The van der Waals surface area contributed by atoms with Gasteiger partial charge in [0.2, 0.25) is 0 Å². The number of fused-ring (bicyclic) bond motifs is 1. The van der Waals surface area contributed by atoms with E-state index >= 15 is 0 Å². The number of para-hydroxylation sites is 1. The smallest absolute Gasteiger partial charge is 0.0818 e. The van der Waals surface area contributed by atoms with Crippen molar-refractivity contribution in [3.63, 3.8) is 0 Å². The molecule has 1 unspecified atom stereocenters. The number of aryl methyl sites for hydroxylation is 1. The first-order valence-corrected chi connectivity index (χ1v) is 5.59. The number of nitrogens with zero attached hydrogens (tertiary/aromatic N) is 1. The highest BCUT2D eigenvalue weighted by molar-refractivity contribution is 5.84. The Morgan fingerprint density at radius 2 is 2.12 bits per heavy atom. The summed E-state index contributed by atoms with van der Waals surface area (Å²) < 4.78 is 7.79. The van der Waals surface area contributed by atoms with Gasteiger partial charge in [-0.25, -0.2) is 0 Å². The molecule has 0 aliphatic carbocycles. The first-order valence-electron chi connectivity index (χ1n) is 5.59. The van der Waals surface area contributed by atoms with Crippen LogP contribution in [0.25, 0.3) is 10.9 Å². The molecule has 0 bridgehead atoms. The summed E-state index contributed by atoms with van der Waals surface area (Å²) >= 11 is 0. The lowest BCUT2D eigenvalue weighted by Gasteiger charge is -2.11. The average Bonchev–Trinajstić information content (AvgIpc) is 2.65. The maximum atomic E-state index is 5.66. The van der Waals surface area contributed by atoms with Crippen LogP contribution in [0, 0.1) is 0 Å².